The van der Waals surface area contributed by atoms with E-state index < -0.39 is 0 Å². The Hall–Kier alpha value is -0.380. The SMILES string of the molecule is C=C(COC)C1CNCC1O. The minimum absolute atomic E-state index is 0.176. The van der Waals surface area contributed by atoms with Gasteiger partial charge in [-0.2, -0.15) is 0 Å². The van der Waals surface area contributed by atoms with Gasteiger partial charge in [0.2, 0.25) is 0 Å². The van der Waals surface area contributed by atoms with Crippen molar-refractivity contribution in [2.24, 2.45) is 5.92 Å². The fourth-order valence-electron chi connectivity index (χ4n) is 1.37. The molecular weight excluding hydrogens is 142 g/mol. The maximum atomic E-state index is 9.41. The Balaban J connectivity index is 2.39. The van der Waals surface area contributed by atoms with Gasteiger partial charge in [0.25, 0.3) is 0 Å². The summed E-state index contributed by atoms with van der Waals surface area (Å²) in [6.45, 7) is 5.89. The summed E-state index contributed by atoms with van der Waals surface area (Å²) in [5.41, 5.74) is 0.977. The highest BCUT2D eigenvalue weighted by atomic mass is 16.5. The average Bonchev–Trinajstić information content (AvgIpc) is 2.36. The Bertz CT molecular complexity index is 147. The summed E-state index contributed by atoms with van der Waals surface area (Å²) in [5, 5.41) is 12.5. The second-order valence-corrected chi connectivity index (χ2v) is 2.92. The predicted octanol–water partition coefficient (Wildman–Crippen LogP) is -0.231. The Morgan fingerprint density at radius 3 is 2.91 bits per heavy atom. The highest BCUT2D eigenvalue weighted by molar-refractivity contribution is 5.07. The molecule has 0 aromatic rings. The molecule has 3 heteroatoms. The van der Waals surface area contributed by atoms with Crippen LogP contribution in [0.2, 0.25) is 0 Å². The number of rotatable bonds is 3. The van der Waals surface area contributed by atoms with Crippen LogP contribution in [0.25, 0.3) is 0 Å². The number of hydrogen-bond acceptors (Lipinski definition) is 3. The Morgan fingerprint density at radius 1 is 1.73 bits per heavy atom. The predicted molar refractivity (Wildman–Crippen MR) is 43.4 cm³/mol. The Morgan fingerprint density at radius 2 is 2.45 bits per heavy atom. The van der Waals surface area contributed by atoms with E-state index in [4.69, 9.17) is 4.74 Å². The molecule has 0 radical (unpaired) electrons. The average molecular weight is 157 g/mol. The number of β-amino-alcohol motifs (C(OH)–C–C–N with tert-alkyl or cyclic N) is 1. The van der Waals surface area contributed by atoms with E-state index in [1.165, 1.54) is 0 Å². The van der Waals surface area contributed by atoms with Gasteiger partial charge in [0.05, 0.1) is 12.7 Å². The number of methoxy groups -OCH3 is 1. The van der Waals surface area contributed by atoms with Gasteiger partial charge < -0.3 is 15.2 Å². The maximum Gasteiger partial charge on any atom is 0.0742 e. The van der Waals surface area contributed by atoms with Gasteiger partial charge in [0, 0.05) is 26.1 Å². The number of hydrogen-bond donors (Lipinski definition) is 2. The molecule has 0 saturated carbocycles. The lowest BCUT2D eigenvalue weighted by atomic mass is 9.98. The molecule has 11 heavy (non-hydrogen) atoms. The van der Waals surface area contributed by atoms with Crippen molar-refractivity contribution in [1.82, 2.24) is 5.32 Å². The van der Waals surface area contributed by atoms with Crippen LogP contribution >= 0.6 is 0 Å². The number of aliphatic hydroxyl groups is 1. The van der Waals surface area contributed by atoms with Crippen molar-refractivity contribution >= 4 is 0 Å². The van der Waals surface area contributed by atoms with Crippen LogP contribution in [0.3, 0.4) is 0 Å². The first-order chi connectivity index (χ1) is 5.25. The molecule has 0 aromatic heterocycles. The van der Waals surface area contributed by atoms with Crippen molar-refractivity contribution in [2.45, 2.75) is 6.10 Å². The van der Waals surface area contributed by atoms with Crippen molar-refractivity contribution in [3.63, 3.8) is 0 Å². The maximum absolute atomic E-state index is 9.41. The third-order valence-electron chi connectivity index (χ3n) is 2.04. The molecule has 2 unspecified atom stereocenters. The molecular formula is C8H15NO2. The largest absolute Gasteiger partial charge is 0.391 e. The van der Waals surface area contributed by atoms with E-state index >= 15 is 0 Å². The third-order valence-corrected chi connectivity index (χ3v) is 2.04. The van der Waals surface area contributed by atoms with Crippen LogP contribution in [0, 0.1) is 5.92 Å². The van der Waals surface area contributed by atoms with E-state index in [0.29, 0.717) is 13.2 Å². The van der Waals surface area contributed by atoms with Crippen molar-refractivity contribution in [3.8, 4) is 0 Å². The van der Waals surface area contributed by atoms with Crippen LogP contribution in [0.15, 0.2) is 12.2 Å². The summed E-state index contributed by atoms with van der Waals surface area (Å²) >= 11 is 0. The van der Waals surface area contributed by atoms with E-state index in [0.717, 1.165) is 12.1 Å². The quantitative estimate of drug-likeness (QED) is 0.556. The number of ether oxygens (including phenoxy) is 1. The van der Waals surface area contributed by atoms with E-state index in [9.17, 15) is 5.11 Å². The molecule has 1 rings (SSSR count). The summed E-state index contributed by atoms with van der Waals surface area (Å²) in [7, 11) is 1.64. The Labute approximate surface area is 67.1 Å². The standard InChI is InChI=1S/C8H15NO2/c1-6(5-11-2)7-3-9-4-8(7)10/h7-10H,1,3-5H2,2H3. The second-order valence-electron chi connectivity index (χ2n) is 2.92. The Kier molecular flexibility index (Phi) is 3.05. The van der Waals surface area contributed by atoms with Crippen molar-refractivity contribution in [2.75, 3.05) is 26.8 Å². The molecule has 2 atom stereocenters. The summed E-state index contributed by atoms with van der Waals surface area (Å²) in [6, 6.07) is 0. The van der Waals surface area contributed by atoms with E-state index in [1.807, 2.05) is 0 Å². The molecule has 64 valence electrons. The minimum atomic E-state index is -0.280. The summed E-state index contributed by atoms with van der Waals surface area (Å²) in [6.07, 6.45) is -0.280. The zero-order valence-electron chi connectivity index (χ0n) is 6.84. The van der Waals surface area contributed by atoms with Gasteiger partial charge in [-0.1, -0.05) is 6.58 Å². The lowest BCUT2D eigenvalue weighted by Crippen LogP contribution is -2.21. The molecule has 1 saturated heterocycles. The molecule has 1 fully saturated rings. The number of nitrogens with one attached hydrogen (secondary N) is 1. The lowest BCUT2D eigenvalue weighted by molar-refractivity contribution is 0.147. The molecule has 0 spiro atoms. The topological polar surface area (TPSA) is 41.5 Å². The van der Waals surface area contributed by atoms with Gasteiger partial charge in [-0.15, -0.1) is 0 Å². The first-order valence-electron chi connectivity index (χ1n) is 3.81. The van der Waals surface area contributed by atoms with Crippen LogP contribution in [0.5, 0.6) is 0 Å². The second kappa shape index (κ2) is 3.85. The summed E-state index contributed by atoms with van der Waals surface area (Å²) in [5.74, 6) is 0.176. The fraction of sp³-hybridized carbons (Fsp3) is 0.750. The van der Waals surface area contributed by atoms with Crippen molar-refractivity contribution in [3.05, 3.63) is 12.2 Å². The summed E-state index contributed by atoms with van der Waals surface area (Å²) < 4.78 is 4.93. The fourth-order valence-corrected chi connectivity index (χ4v) is 1.37. The molecule has 3 nitrogen and oxygen atoms in total. The molecule has 0 aliphatic carbocycles. The van der Waals surface area contributed by atoms with Gasteiger partial charge >= 0.3 is 0 Å². The van der Waals surface area contributed by atoms with Crippen LogP contribution in [0.1, 0.15) is 0 Å². The lowest BCUT2D eigenvalue weighted by Gasteiger charge is -2.15. The van der Waals surface area contributed by atoms with E-state index in [2.05, 4.69) is 11.9 Å². The number of aliphatic hydroxyl groups excluding tert-OH is 1. The van der Waals surface area contributed by atoms with Gasteiger partial charge in [0.1, 0.15) is 0 Å². The minimum Gasteiger partial charge on any atom is -0.391 e. The molecule has 0 amide bonds. The van der Waals surface area contributed by atoms with E-state index in [-0.39, 0.29) is 12.0 Å². The summed E-state index contributed by atoms with van der Waals surface area (Å²) in [4.78, 5) is 0. The molecule has 1 aliphatic rings. The highest BCUT2D eigenvalue weighted by Crippen LogP contribution is 2.17. The third kappa shape index (κ3) is 2.02. The first-order valence-corrected chi connectivity index (χ1v) is 3.81. The molecule has 0 bridgehead atoms. The van der Waals surface area contributed by atoms with Crippen LogP contribution in [-0.2, 0) is 4.74 Å². The molecule has 1 heterocycles. The highest BCUT2D eigenvalue weighted by Gasteiger charge is 2.26. The zero-order chi connectivity index (χ0) is 8.27. The molecule has 0 aromatic carbocycles. The van der Waals surface area contributed by atoms with E-state index in [1.54, 1.807) is 7.11 Å². The zero-order valence-corrected chi connectivity index (χ0v) is 6.84. The first kappa shape index (κ1) is 8.71. The normalized spacial score (nSPS) is 30.7. The van der Waals surface area contributed by atoms with Crippen molar-refractivity contribution in [1.29, 1.82) is 0 Å². The molecule has 1 aliphatic heterocycles. The van der Waals surface area contributed by atoms with Gasteiger partial charge in [-0.3, -0.25) is 0 Å². The van der Waals surface area contributed by atoms with Gasteiger partial charge in [-0.25, -0.2) is 0 Å². The smallest absolute Gasteiger partial charge is 0.0742 e. The molecule has 2 N–H and O–H groups in total. The van der Waals surface area contributed by atoms with Crippen molar-refractivity contribution < 1.29 is 9.84 Å². The van der Waals surface area contributed by atoms with Gasteiger partial charge in [0.15, 0.2) is 0 Å². The van der Waals surface area contributed by atoms with Crippen LogP contribution in [0.4, 0.5) is 0 Å². The van der Waals surface area contributed by atoms with Crippen LogP contribution in [-0.4, -0.2) is 38.0 Å². The van der Waals surface area contributed by atoms with Gasteiger partial charge in [-0.05, 0) is 5.57 Å². The monoisotopic (exact) mass is 157 g/mol. The van der Waals surface area contributed by atoms with Crippen LogP contribution < -0.4 is 5.32 Å².